The SMILES string of the molecule is Cc1nnc(NC(=O)COc2ccc(C(=O)c3ccccc3)cc2)s1. The first-order valence-electron chi connectivity index (χ1n) is 7.54. The van der Waals surface area contributed by atoms with Gasteiger partial charge in [0, 0.05) is 11.1 Å². The minimum Gasteiger partial charge on any atom is -0.484 e. The second-order valence-corrected chi connectivity index (χ2v) is 6.36. The number of nitrogens with zero attached hydrogens (tertiary/aromatic N) is 2. The third-order valence-corrected chi connectivity index (χ3v) is 4.05. The van der Waals surface area contributed by atoms with Crippen molar-refractivity contribution in [2.75, 3.05) is 11.9 Å². The number of carbonyl (C=O) groups excluding carboxylic acids is 2. The summed E-state index contributed by atoms with van der Waals surface area (Å²) in [4.78, 5) is 24.1. The van der Waals surface area contributed by atoms with Crippen molar-refractivity contribution in [1.29, 1.82) is 0 Å². The number of ether oxygens (including phenoxy) is 1. The number of ketones is 1. The second-order valence-electron chi connectivity index (χ2n) is 5.18. The van der Waals surface area contributed by atoms with Crippen LogP contribution in [0, 0.1) is 6.92 Å². The maximum Gasteiger partial charge on any atom is 0.264 e. The standard InChI is InChI=1S/C18H15N3O3S/c1-12-20-21-18(25-12)19-16(22)11-24-15-9-7-14(8-10-15)17(23)13-5-3-2-4-6-13/h2-10H,11H2,1H3,(H,19,21,22). The van der Waals surface area contributed by atoms with Gasteiger partial charge in [0.1, 0.15) is 10.8 Å². The second kappa shape index (κ2) is 7.67. The number of rotatable bonds is 6. The first kappa shape index (κ1) is 16.8. The van der Waals surface area contributed by atoms with Crippen LogP contribution in [-0.4, -0.2) is 28.5 Å². The summed E-state index contributed by atoms with van der Waals surface area (Å²) in [5, 5.41) is 11.5. The zero-order valence-electron chi connectivity index (χ0n) is 13.4. The summed E-state index contributed by atoms with van der Waals surface area (Å²) >= 11 is 1.29. The monoisotopic (exact) mass is 353 g/mol. The minimum absolute atomic E-state index is 0.0588. The maximum atomic E-state index is 12.3. The number of aromatic nitrogens is 2. The maximum absolute atomic E-state index is 12.3. The van der Waals surface area contributed by atoms with Gasteiger partial charge >= 0.3 is 0 Å². The molecule has 0 aliphatic carbocycles. The lowest BCUT2D eigenvalue weighted by molar-refractivity contribution is -0.118. The minimum atomic E-state index is -0.319. The highest BCUT2D eigenvalue weighted by molar-refractivity contribution is 7.15. The van der Waals surface area contributed by atoms with Crippen LogP contribution >= 0.6 is 11.3 Å². The smallest absolute Gasteiger partial charge is 0.264 e. The summed E-state index contributed by atoms with van der Waals surface area (Å²) < 4.78 is 5.42. The summed E-state index contributed by atoms with van der Waals surface area (Å²) in [6.45, 7) is 1.66. The Morgan fingerprint density at radius 3 is 2.32 bits per heavy atom. The van der Waals surface area contributed by atoms with Crippen molar-refractivity contribution < 1.29 is 14.3 Å². The Kier molecular flexibility index (Phi) is 5.15. The molecule has 0 aliphatic rings. The topological polar surface area (TPSA) is 81.2 Å². The van der Waals surface area contributed by atoms with E-state index in [1.165, 1.54) is 11.3 Å². The van der Waals surface area contributed by atoms with Crippen molar-refractivity contribution in [3.05, 3.63) is 70.7 Å². The third-order valence-electron chi connectivity index (χ3n) is 3.29. The van der Waals surface area contributed by atoms with Gasteiger partial charge in [-0.25, -0.2) is 0 Å². The first-order chi connectivity index (χ1) is 12.1. The number of hydrogen-bond acceptors (Lipinski definition) is 6. The van der Waals surface area contributed by atoms with E-state index in [0.717, 1.165) is 5.01 Å². The molecule has 3 aromatic rings. The molecule has 126 valence electrons. The Bertz CT molecular complexity index is 876. The lowest BCUT2D eigenvalue weighted by atomic mass is 10.0. The normalized spacial score (nSPS) is 10.3. The van der Waals surface area contributed by atoms with E-state index < -0.39 is 0 Å². The van der Waals surface area contributed by atoms with E-state index in [-0.39, 0.29) is 18.3 Å². The highest BCUT2D eigenvalue weighted by Gasteiger charge is 2.10. The van der Waals surface area contributed by atoms with Crippen LogP contribution in [0.4, 0.5) is 5.13 Å². The third kappa shape index (κ3) is 4.48. The van der Waals surface area contributed by atoms with Crippen molar-refractivity contribution >= 4 is 28.2 Å². The molecule has 7 heteroatoms. The van der Waals surface area contributed by atoms with Crippen LogP contribution < -0.4 is 10.1 Å². The van der Waals surface area contributed by atoms with Gasteiger partial charge in [0.05, 0.1) is 0 Å². The van der Waals surface area contributed by atoms with Crippen molar-refractivity contribution in [2.45, 2.75) is 6.92 Å². The predicted molar refractivity (Wildman–Crippen MR) is 95.1 cm³/mol. The number of nitrogens with one attached hydrogen (secondary N) is 1. The molecule has 0 atom stereocenters. The molecular weight excluding hydrogens is 338 g/mol. The molecule has 0 unspecified atom stereocenters. The number of benzene rings is 2. The van der Waals surface area contributed by atoms with E-state index in [4.69, 9.17) is 4.74 Å². The molecule has 3 rings (SSSR count). The van der Waals surface area contributed by atoms with Crippen LogP contribution in [-0.2, 0) is 4.79 Å². The van der Waals surface area contributed by atoms with Crippen molar-refractivity contribution in [3.63, 3.8) is 0 Å². The Morgan fingerprint density at radius 2 is 1.68 bits per heavy atom. The molecule has 0 saturated heterocycles. The highest BCUT2D eigenvalue weighted by Crippen LogP contribution is 2.16. The highest BCUT2D eigenvalue weighted by atomic mass is 32.1. The lowest BCUT2D eigenvalue weighted by Crippen LogP contribution is -2.20. The number of aryl methyl sites for hydroxylation is 1. The Labute approximate surface area is 148 Å². The summed E-state index contributed by atoms with van der Waals surface area (Å²) in [7, 11) is 0. The van der Waals surface area contributed by atoms with Gasteiger partial charge in [0.25, 0.3) is 5.91 Å². The van der Waals surface area contributed by atoms with Gasteiger partial charge in [0.2, 0.25) is 5.13 Å². The van der Waals surface area contributed by atoms with Gasteiger partial charge < -0.3 is 4.74 Å². The van der Waals surface area contributed by atoms with Crippen LogP contribution in [0.15, 0.2) is 54.6 Å². The molecule has 1 N–H and O–H groups in total. The number of carbonyl (C=O) groups is 2. The fraction of sp³-hybridized carbons (Fsp3) is 0.111. The van der Waals surface area contributed by atoms with Gasteiger partial charge in [-0.15, -0.1) is 10.2 Å². The Balaban J connectivity index is 1.55. The first-order valence-corrected chi connectivity index (χ1v) is 8.36. The average Bonchev–Trinajstić information content (AvgIpc) is 3.05. The van der Waals surface area contributed by atoms with Gasteiger partial charge in [-0.3, -0.25) is 14.9 Å². The molecular formula is C18H15N3O3S. The van der Waals surface area contributed by atoms with Crippen molar-refractivity contribution in [2.24, 2.45) is 0 Å². The molecule has 0 radical (unpaired) electrons. The summed E-state index contributed by atoms with van der Waals surface area (Å²) in [5.74, 6) is 0.130. The Morgan fingerprint density at radius 1 is 1.00 bits per heavy atom. The quantitative estimate of drug-likeness (QED) is 0.689. The zero-order chi connectivity index (χ0) is 17.6. The van der Waals surface area contributed by atoms with Crippen LogP contribution in [0.3, 0.4) is 0 Å². The Hall–Kier alpha value is -3.06. The molecule has 0 aliphatic heterocycles. The predicted octanol–water partition coefficient (Wildman–Crippen LogP) is 3.10. The molecule has 6 nitrogen and oxygen atoms in total. The molecule has 1 heterocycles. The van der Waals surface area contributed by atoms with E-state index in [0.29, 0.717) is 22.0 Å². The zero-order valence-corrected chi connectivity index (χ0v) is 14.2. The fourth-order valence-electron chi connectivity index (χ4n) is 2.11. The summed E-state index contributed by atoms with van der Waals surface area (Å²) in [6, 6.07) is 15.7. The molecule has 0 bridgehead atoms. The summed E-state index contributed by atoms with van der Waals surface area (Å²) in [5.41, 5.74) is 1.19. The van der Waals surface area contributed by atoms with E-state index in [1.807, 2.05) is 25.1 Å². The van der Waals surface area contributed by atoms with Gasteiger partial charge in [0.15, 0.2) is 12.4 Å². The van der Waals surface area contributed by atoms with Gasteiger partial charge in [-0.1, -0.05) is 41.7 Å². The van der Waals surface area contributed by atoms with Crippen LogP contribution in [0.1, 0.15) is 20.9 Å². The fourth-order valence-corrected chi connectivity index (χ4v) is 2.72. The largest absolute Gasteiger partial charge is 0.484 e. The molecule has 0 fully saturated rings. The van der Waals surface area contributed by atoms with Crippen LogP contribution in [0.2, 0.25) is 0 Å². The van der Waals surface area contributed by atoms with Crippen molar-refractivity contribution in [1.82, 2.24) is 10.2 Å². The molecule has 1 aromatic heterocycles. The number of hydrogen-bond donors (Lipinski definition) is 1. The van der Waals surface area contributed by atoms with E-state index >= 15 is 0 Å². The van der Waals surface area contributed by atoms with E-state index in [1.54, 1.807) is 36.4 Å². The molecule has 0 saturated carbocycles. The number of anilines is 1. The molecule has 0 spiro atoms. The number of amides is 1. The molecule has 25 heavy (non-hydrogen) atoms. The van der Waals surface area contributed by atoms with Gasteiger partial charge in [-0.2, -0.15) is 0 Å². The lowest BCUT2D eigenvalue weighted by Gasteiger charge is -2.07. The van der Waals surface area contributed by atoms with Crippen LogP contribution in [0.5, 0.6) is 5.75 Å². The molecule has 2 aromatic carbocycles. The van der Waals surface area contributed by atoms with E-state index in [2.05, 4.69) is 15.5 Å². The van der Waals surface area contributed by atoms with E-state index in [9.17, 15) is 9.59 Å². The van der Waals surface area contributed by atoms with Crippen LogP contribution in [0.25, 0.3) is 0 Å². The average molecular weight is 353 g/mol. The summed E-state index contributed by atoms with van der Waals surface area (Å²) in [6.07, 6.45) is 0. The van der Waals surface area contributed by atoms with Gasteiger partial charge in [-0.05, 0) is 31.2 Å². The molecule has 1 amide bonds. The van der Waals surface area contributed by atoms with Crippen molar-refractivity contribution in [3.8, 4) is 5.75 Å².